The van der Waals surface area contributed by atoms with Crippen LogP contribution >= 0.6 is 0 Å². The molecule has 2 rings (SSSR count). The highest BCUT2D eigenvalue weighted by atomic mass is 16.7. The first kappa shape index (κ1) is 21.9. The molecule has 1 saturated carbocycles. The van der Waals surface area contributed by atoms with Crippen molar-refractivity contribution in [3.05, 3.63) is 12.2 Å². The molecule has 0 bridgehead atoms. The summed E-state index contributed by atoms with van der Waals surface area (Å²) in [5.74, 6) is 0.492. The van der Waals surface area contributed by atoms with Crippen LogP contribution in [0.2, 0.25) is 0 Å². The lowest BCUT2D eigenvalue weighted by molar-refractivity contribution is -0.198. The molecule has 1 heterocycles. The summed E-state index contributed by atoms with van der Waals surface area (Å²) in [5, 5.41) is 0. The Kier molecular flexibility index (Phi) is 7.02. The molecule has 26 heavy (non-hydrogen) atoms. The van der Waals surface area contributed by atoms with Crippen molar-refractivity contribution in [1.82, 2.24) is 4.90 Å². The highest BCUT2D eigenvalue weighted by Crippen LogP contribution is 2.49. The molecule has 1 saturated heterocycles. The molecule has 0 N–H and O–H groups in total. The van der Waals surface area contributed by atoms with Crippen LogP contribution in [-0.2, 0) is 9.47 Å². The van der Waals surface area contributed by atoms with Gasteiger partial charge in [-0.05, 0) is 56.4 Å². The minimum absolute atomic E-state index is 0.252. The summed E-state index contributed by atoms with van der Waals surface area (Å²) < 4.78 is 12.6. The lowest BCUT2D eigenvalue weighted by Crippen LogP contribution is -2.40. The van der Waals surface area contributed by atoms with Gasteiger partial charge >= 0.3 is 0 Å². The number of hydrogen-bond donors (Lipinski definition) is 0. The number of likely N-dealkylation sites (N-methyl/N-ethyl adjacent to an activating group) is 1. The van der Waals surface area contributed by atoms with Crippen molar-refractivity contribution in [2.24, 2.45) is 16.7 Å². The SMILES string of the molecule is C=C(C)CN(C)CCC1COC2(CCC(C(C)(C)CC(C)(C)C)CC2)O1. The summed E-state index contributed by atoms with van der Waals surface area (Å²) in [6.07, 6.45) is 7.15. The third-order valence-corrected chi connectivity index (χ3v) is 6.12. The van der Waals surface area contributed by atoms with Crippen LogP contribution in [-0.4, -0.2) is 43.5 Å². The van der Waals surface area contributed by atoms with Gasteiger partial charge in [-0.1, -0.05) is 46.8 Å². The van der Waals surface area contributed by atoms with Crippen molar-refractivity contribution in [3.63, 3.8) is 0 Å². The molecule has 0 aromatic rings. The molecule has 2 fully saturated rings. The third kappa shape index (κ3) is 6.35. The lowest BCUT2D eigenvalue weighted by atomic mass is 9.64. The fourth-order valence-corrected chi connectivity index (χ4v) is 5.28. The van der Waals surface area contributed by atoms with Crippen molar-refractivity contribution >= 4 is 0 Å². The monoisotopic (exact) mass is 365 g/mol. The smallest absolute Gasteiger partial charge is 0.168 e. The molecule has 152 valence electrons. The Hall–Kier alpha value is -0.380. The van der Waals surface area contributed by atoms with Gasteiger partial charge < -0.3 is 14.4 Å². The first-order valence-corrected chi connectivity index (χ1v) is 10.6. The second kappa shape index (κ2) is 8.32. The van der Waals surface area contributed by atoms with E-state index in [2.05, 4.69) is 60.1 Å². The van der Waals surface area contributed by atoms with Crippen molar-refractivity contribution < 1.29 is 9.47 Å². The van der Waals surface area contributed by atoms with E-state index < -0.39 is 0 Å². The van der Waals surface area contributed by atoms with Gasteiger partial charge in [-0.3, -0.25) is 0 Å². The topological polar surface area (TPSA) is 21.7 Å². The minimum Gasteiger partial charge on any atom is -0.347 e. The van der Waals surface area contributed by atoms with Crippen LogP contribution in [0.3, 0.4) is 0 Å². The van der Waals surface area contributed by atoms with Gasteiger partial charge in [0.25, 0.3) is 0 Å². The third-order valence-electron chi connectivity index (χ3n) is 6.12. The normalized spacial score (nSPS) is 30.3. The molecule has 0 aromatic carbocycles. The van der Waals surface area contributed by atoms with E-state index in [-0.39, 0.29) is 11.9 Å². The first-order chi connectivity index (χ1) is 11.9. The molecule has 0 radical (unpaired) electrons. The van der Waals surface area contributed by atoms with Crippen molar-refractivity contribution in [2.75, 3.05) is 26.7 Å². The standard InChI is InChI=1S/C23H43NO2/c1-18(2)15-24(8)14-11-20-16-25-23(26-20)12-9-19(10-13-23)22(6,7)17-21(3,4)5/h19-20H,1,9-17H2,2-8H3. The fourth-order valence-electron chi connectivity index (χ4n) is 5.28. The predicted molar refractivity (Wildman–Crippen MR) is 110 cm³/mol. The van der Waals surface area contributed by atoms with Crippen molar-refractivity contribution in [1.29, 1.82) is 0 Å². The van der Waals surface area contributed by atoms with Gasteiger partial charge in [-0.25, -0.2) is 0 Å². The summed E-state index contributed by atoms with van der Waals surface area (Å²) in [4.78, 5) is 2.32. The Labute approximate surface area is 162 Å². The highest BCUT2D eigenvalue weighted by Gasteiger charge is 2.46. The van der Waals surface area contributed by atoms with Crippen LogP contribution in [0.4, 0.5) is 0 Å². The molecular formula is C23H43NO2. The van der Waals surface area contributed by atoms with E-state index in [1.54, 1.807) is 0 Å². The van der Waals surface area contributed by atoms with E-state index in [4.69, 9.17) is 9.47 Å². The van der Waals surface area contributed by atoms with Crippen molar-refractivity contribution in [3.8, 4) is 0 Å². The first-order valence-electron chi connectivity index (χ1n) is 10.6. The predicted octanol–water partition coefficient (Wildman–Crippen LogP) is 5.65. The molecule has 1 aliphatic heterocycles. The Morgan fingerprint density at radius 2 is 1.77 bits per heavy atom. The van der Waals surface area contributed by atoms with Gasteiger partial charge in [0.15, 0.2) is 5.79 Å². The second-order valence-electron chi connectivity index (χ2n) is 10.9. The quantitative estimate of drug-likeness (QED) is 0.544. The van der Waals surface area contributed by atoms with E-state index in [9.17, 15) is 0 Å². The number of ether oxygens (including phenoxy) is 2. The molecule has 1 spiro atoms. The number of nitrogens with zero attached hydrogens (tertiary/aromatic N) is 1. The maximum atomic E-state index is 6.44. The van der Waals surface area contributed by atoms with Gasteiger partial charge in [-0.15, -0.1) is 0 Å². The zero-order valence-corrected chi connectivity index (χ0v) is 18.5. The Balaban J connectivity index is 1.79. The summed E-state index contributed by atoms with van der Waals surface area (Å²) in [6, 6.07) is 0. The Morgan fingerprint density at radius 1 is 1.15 bits per heavy atom. The van der Waals surface area contributed by atoms with E-state index in [0.717, 1.165) is 44.9 Å². The van der Waals surface area contributed by atoms with E-state index in [1.165, 1.54) is 24.8 Å². The van der Waals surface area contributed by atoms with Crippen LogP contribution in [0, 0.1) is 16.7 Å². The van der Waals surface area contributed by atoms with Crippen LogP contribution in [0.25, 0.3) is 0 Å². The average molecular weight is 366 g/mol. The van der Waals surface area contributed by atoms with Crippen molar-refractivity contribution in [2.45, 2.75) is 92.0 Å². The van der Waals surface area contributed by atoms with Crippen LogP contribution in [0.5, 0.6) is 0 Å². The van der Waals surface area contributed by atoms with Gasteiger partial charge in [0.1, 0.15) is 0 Å². The average Bonchev–Trinajstić information content (AvgIpc) is 2.85. The zero-order chi connectivity index (χ0) is 19.6. The molecule has 1 unspecified atom stereocenters. The van der Waals surface area contributed by atoms with E-state index >= 15 is 0 Å². The van der Waals surface area contributed by atoms with Crippen LogP contribution < -0.4 is 0 Å². The molecule has 1 atom stereocenters. The number of rotatable bonds is 7. The maximum Gasteiger partial charge on any atom is 0.168 e. The van der Waals surface area contributed by atoms with E-state index in [1.807, 2.05) is 0 Å². The minimum atomic E-state index is -0.286. The Bertz CT molecular complexity index is 469. The summed E-state index contributed by atoms with van der Waals surface area (Å²) in [5.41, 5.74) is 1.99. The largest absolute Gasteiger partial charge is 0.347 e. The summed E-state index contributed by atoms with van der Waals surface area (Å²) >= 11 is 0. The highest BCUT2D eigenvalue weighted by molar-refractivity contribution is 4.93. The summed E-state index contributed by atoms with van der Waals surface area (Å²) in [7, 11) is 2.16. The molecule has 0 amide bonds. The van der Waals surface area contributed by atoms with Crippen LogP contribution in [0.1, 0.15) is 80.1 Å². The molecule has 3 nitrogen and oxygen atoms in total. The Morgan fingerprint density at radius 3 is 2.31 bits per heavy atom. The van der Waals surface area contributed by atoms with E-state index in [0.29, 0.717) is 10.8 Å². The fraction of sp³-hybridized carbons (Fsp3) is 0.913. The van der Waals surface area contributed by atoms with Gasteiger partial charge in [0.2, 0.25) is 0 Å². The zero-order valence-electron chi connectivity index (χ0n) is 18.5. The molecular weight excluding hydrogens is 322 g/mol. The lowest BCUT2D eigenvalue weighted by Gasteiger charge is -2.45. The van der Waals surface area contributed by atoms with Gasteiger partial charge in [0.05, 0.1) is 12.7 Å². The van der Waals surface area contributed by atoms with Gasteiger partial charge in [-0.2, -0.15) is 0 Å². The maximum absolute atomic E-state index is 6.44. The summed E-state index contributed by atoms with van der Waals surface area (Å²) in [6.45, 7) is 20.8. The van der Waals surface area contributed by atoms with Crippen LogP contribution in [0.15, 0.2) is 12.2 Å². The number of hydrogen-bond acceptors (Lipinski definition) is 3. The van der Waals surface area contributed by atoms with Gasteiger partial charge in [0, 0.05) is 25.9 Å². The molecule has 2 aliphatic rings. The molecule has 0 aromatic heterocycles. The molecule has 1 aliphatic carbocycles. The second-order valence-corrected chi connectivity index (χ2v) is 10.9. The molecule has 3 heteroatoms.